The molecule has 2 aromatic rings. The van der Waals surface area contributed by atoms with Gasteiger partial charge in [-0.15, -0.1) is 10.2 Å². The van der Waals surface area contributed by atoms with E-state index in [2.05, 4.69) is 52.8 Å². The number of hydrogen-bond acceptors (Lipinski definition) is 5. The van der Waals surface area contributed by atoms with Crippen LogP contribution in [-0.4, -0.2) is 20.6 Å². The Balaban J connectivity index is 2.30. The van der Waals surface area contributed by atoms with Gasteiger partial charge in [-0.05, 0) is 22.3 Å². The maximum atomic E-state index is 9.13. The van der Waals surface area contributed by atoms with E-state index in [1.165, 1.54) is 5.56 Å². The Bertz CT molecular complexity index is 643. The Kier molecular flexibility index (Phi) is 3.80. The number of benzene rings is 1. The second kappa shape index (κ2) is 5.53. The average Bonchev–Trinajstić information content (AvgIpc) is 2.93. The number of allylic oxidation sites excluding steroid dienone is 1. The third-order valence-corrected chi connectivity index (χ3v) is 2.81. The molecule has 6 heteroatoms. The Morgan fingerprint density at radius 3 is 2.70 bits per heavy atom. The maximum Gasteiger partial charge on any atom is 0.216 e. The van der Waals surface area contributed by atoms with Crippen molar-refractivity contribution < 1.29 is 0 Å². The van der Waals surface area contributed by atoms with E-state index >= 15 is 0 Å². The van der Waals surface area contributed by atoms with Crippen LogP contribution in [0.25, 0.3) is 5.57 Å². The van der Waals surface area contributed by atoms with E-state index in [9.17, 15) is 0 Å². The fourth-order valence-corrected chi connectivity index (χ4v) is 1.84. The topological polar surface area (TPSA) is 90.3 Å². The van der Waals surface area contributed by atoms with E-state index < -0.39 is 0 Å². The van der Waals surface area contributed by atoms with Crippen LogP contribution in [0.1, 0.15) is 32.2 Å². The lowest BCUT2D eigenvalue weighted by molar-refractivity contribution is 0.592. The van der Waals surface area contributed by atoms with Crippen LogP contribution in [0.2, 0.25) is 0 Å². The third kappa shape index (κ3) is 3.01. The predicted molar refractivity (Wildman–Crippen MR) is 76.5 cm³/mol. The van der Waals surface area contributed by atoms with E-state index in [-0.39, 0.29) is 11.2 Å². The molecular formula is C14H16N6. The number of nitriles is 1. The molecule has 102 valence electrons. The molecule has 0 spiro atoms. The van der Waals surface area contributed by atoms with Crippen LogP contribution < -0.4 is 5.32 Å². The molecule has 20 heavy (non-hydrogen) atoms. The van der Waals surface area contributed by atoms with Gasteiger partial charge in [0, 0.05) is 11.9 Å². The monoisotopic (exact) mass is 268 g/mol. The van der Waals surface area contributed by atoms with Gasteiger partial charge < -0.3 is 5.32 Å². The molecule has 2 rings (SSSR count). The average molecular weight is 268 g/mol. The molecule has 0 radical (unpaired) electrons. The number of tetrazole rings is 1. The maximum absolute atomic E-state index is 9.13. The molecule has 2 N–H and O–H groups in total. The summed E-state index contributed by atoms with van der Waals surface area (Å²) >= 11 is 0. The van der Waals surface area contributed by atoms with Gasteiger partial charge in [0.25, 0.3) is 0 Å². The quantitative estimate of drug-likeness (QED) is 0.834. The van der Waals surface area contributed by atoms with E-state index in [1.807, 2.05) is 24.3 Å². The summed E-state index contributed by atoms with van der Waals surface area (Å²) in [7, 11) is 0. The first-order valence-corrected chi connectivity index (χ1v) is 6.22. The number of para-hydroxylation sites is 1. The highest BCUT2D eigenvalue weighted by atomic mass is 15.5. The summed E-state index contributed by atoms with van der Waals surface area (Å²) in [6.07, 6.45) is 1.59. The molecule has 0 aliphatic rings. The summed E-state index contributed by atoms with van der Waals surface area (Å²) in [4.78, 5) is 0. The summed E-state index contributed by atoms with van der Waals surface area (Å²) in [5.41, 5.74) is 2.46. The minimum atomic E-state index is 0.0103. The molecule has 0 bridgehead atoms. The van der Waals surface area contributed by atoms with Crippen molar-refractivity contribution >= 4 is 11.3 Å². The van der Waals surface area contributed by atoms with Crippen LogP contribution in [0.5, 0.6) is 0 Å². The van der Waals surface area contributed by atoms with Crippen LogP contribution >= 0.6 is 0 Å². The number of anilines is 1. The molecule has 1 aromatic carbocycles. The largest absolute Gasteiger partial charge is 0.360 e. The van der Waals surface area contributed by atoms with Crippen LogP contribution in [-0.2, 0) is 5.41 Å². The van der Waals surface area contributed by atoms with Crippen LogP contribution in [0.3, 0.4) is 0 Å². The lowest BCUT2D eigenvalue weighted by atomic mass is 9.86. The van der Waals surface area contributed by atoms with E-state index in [4.69, 9.17) is 5.26 Å². The fourth-order valence-electron chi connectivity index (χ4n) is 1.84. The molecule has 1 heterocycles. The van der Waals surface area contributed by atoms with Crippen LogP contribution in [0, 0.1) is 11.3 Å². The van der Waals surface area contributed by atoms with Crippen molar-refractivity contribution in [1.29, 1.82) is 5.26 Å². The first-order chi connectivity index (χ1) is 9.52. The Morgan fingerprint density at radius 1 is 1.35 bits per heavy atom. The van der Waals surface area contributed by atoms with E-state index in [1.54, 1.807) is 6.20 Å². The van der Waals surface area contributed by atoms with Gasteiger partial charge in [-0.25, -0.2) is 0 Å². The summed E-state index contributed by atoms with van der Waals surface area (Å²) in [5.74, 6) is 0.272. The molecular weight excluding hydrogens is 252 g/mol. The fraction of sp³-hybridized carbons (Fsp3) is 0.286. The van der Waals surface area contributed by atoms with Gasteiger partial charge in [-0.2, -0.15) is 10.5 Å². The molecule has 0 saturated heterocycles. The molecule has 0 amide bonds. The van der Waals surface area contributed by atoms with Crippen LogP contribution in [0.15, 0.2) is 30.5 Å². The van der Waals surface area contributed by atoms with Crippen molar-refractivity contribution in [2.75, 3.05) is 5.32 Å². The van der Waals surface area contributed by atoms with Gasteiger partial charge in [-0.1, -0.05) is 39.0 Å². The normalized spacial score (nSPS) is 12.0. The molecule has 0 saturated carbocycles. The van der Waals surface area contributed by atoms with Gasteiger partial charge in [0.05, 0.1) is 0 Å². The number of hydrogen-bond donors (Lipinski definition) is 2. The van der Waals surface area contributed by atoms with Crippen molar-refractivity contribution in [1.82, 2.24) is 20.6 Å². The second-order valence-electron chi connectivity index (χ2n) is 5.35. The first-order valence-electron chi connectivity index (χ1n) is 6.22. The van der Waals surface area contributed by atoms with Gasteiger partial charge in [0.2, 0.25) is 5.82 Å². The summed E-state index contributed by atoms with van der Waals surface area (Å²) < 4.78 is 0. The minimum absolute atomic E-state index is 0.0103. The summed E-state index contributed by atoms with van der Waals surface area (Å²) in [6.45, 7) is 6.42. The summed E-state index contributed by atoms with van der Waals surface area (Å²) in [5, 5.41) is 25.6. The standard InChI is InChI=1S/C14H16N6/c1-14(2,3)11-6-4-5-7-12(11)16-9-10(8-15)13-17-19-20-18-13/h4-7,9,16H,1-3H3,(H,17,18,19,20). The van der Waals surface area contributed by atoms with Crippen molar-refractivity contribution in [2.24, 2.45) is 0 Å². The Hall–Kier alpha value is -2.68. The van der Waals surface area contributed by atoms with Gasteiger partial charge in [0.1, 0.15) is 11.6 Å². The number of aromatic amines is 1. The number of nitrogens with zero attached hydrogens (tertiary/aromatic N) is 4. The van der Waals surface area contributed by atoms with E-state index in [0.717, 1.165) is 5.69 Å². The highest BCUT2D eigenvalue weighted by Gasteiger charge is 2.17. The minimum Gasteiger partial charge on any atom is -0.360 e. The first kappa shape index (κ1) is 13.7. The third-order valence-electron chi connectivity index (χ3n) is 2.81. The van der Waals surface area contributed by atoms with Gasteiger partial charge in [0.15, 0.2) is 0 Å². The van der Waals surface area contributed by atoms with Crippen molar-refractivity contribution in [3.63, 3.8) is 0 Å². The number of H-pyrrole nitrogens is 1. The molecule has 1 aromatic heterocycles. The SMILES string of the molecule is CC(C)(C)c1ccccc1NC=C(C#N)c1nn[nH]n1. The van der Waals surface area contributed by atoms with Gasteiger partial charge in [-0.3, -0.25) is 0 Å². The molecule has 0 atom stereocenters. The highest BCUT2D eigenvalue weighted by Crippen LogP contribution is 2.29. The zero-order valence-corrected chi connectivity index (χ0v) is 11.7. The van der Waals surface area contributed by atoms with Crippen molar-refractivity contribution in [3.8, 4) is 6.07 Å². The molecule has 0 unspecified atom stereocenters. The van der Waals surface area contributed by atoms with Gasteiger partial charge >= 0.3 is 0 Å². The highest BCUT2D eigenvalue weighted by molar-refractivity contribution is 5.74. The number of aromatic nitrogens is 4. The van der Waals surface area contributed by atoms with Crippen molar-refractivity contribution in [3.05, 3.63) is 41.9 Å². The zero-order valence-electron chi connectivity index (χ0n) is 11.7. The number of rotatable bonds is 3. The molecule has 0 aliphatic carbocycles. The Morgan fingerprint density at radius 2 is 2.10 bits per heavy atom. The second-order valence-corrected chi connectivity index (χ2v) is 5.35. The molecule has 0 aliphatic heterocycles. The lowest BCUT2D eigenvalue weighted by Gasteiger charge is -2.22. The lowest BCUT2D eigenvalue weighted by Crippen LogP contribution is -2.13. The predicted octanol–water partition coefficient (Wildman–Crippen LogP) is 2.47. The molecule has 6 nitrogen and oxygen atoms in total. The summed E-state index contributed by atoms with van der Waals surface area (Å²) in [6, 6.07) is 10.0. The van der Waals surface area contributed by atoms with E-state index in [0.29, 0.717) is 5.57 Å². The smallest absolute Gasteiger partial charge is 0.216 e. The van der Waals surface area contributed by atoms with Crippen molar-refractivity contribution in [2.45, 2.75) is 26.2 Å². The zero-order chi connectivity index (χ0) is 14.6. The Labute approximate surface area is 117 Å². The van der Waals surface area contributed by atoms with Crippen LogP contribution in [0.4, 0.5) is 5.69 Å². The molecule has 0 fully saturated rings. The number of nitrogens with one attached hydrogen (secondary N) is 2.